The fourth-order valence-electron chi connectivity index (χ4n) is 3.58. The van der Waals surface area contributed by atoms with Crippen molar-refractivity contribution in [3.05, 3.63) is 72.9 Å². The molecule has 8 heteroatoms. The third-order valence-corrected chi connectivity index (χ3v) is 5.34. The van der Waals surface area contributed by atoms with Crippen molar-refractivity contribution in [1.82, 2.24) is 24.7 Å². The van der Waals surface area contributed by atoms with Gasteiger partial charge in [0, 0.05) is 41.8 Å². The second-order valence-electron chi connectivity index (χ2n) is 7.72. The minimum absolute atomic E-state index is 0.273. The maximum atomic E-state index is 12.9. The molecule has 4 aromatic rings. The van der Waals surface area contributed by atoms with E-state index in [1.165, 1.54) is 0 Å². The number of nitrogens with zero attached hydrogens (tertiary/aromatic N) is 5. The fraction of sp³-hybridized carbons (Fsp3) is 0.208. The van der Waals surface area contributed by atoms with E-state index < -0.39 is 0 Å². The van der Waals surface area contributed by atoms with Crippen LogP contribution in [-0.2, 0) is 0 Å². The molecule has 0 atom stereocenters. The predicted octanol–water partition coefficient (Wildman–Crippen LogP) is 4.42. The first-order chi connectivity index (χ1) is 15.7. The van der Waals surface area contributed by atoms with E-state index in [4.69, 9.17) is 0 Å². The third kappa shape index (κ3) is 4.20. The maximum Gasteiger partial charge on any atom is 0.274 e. The molecule has 1 fully saturated rings. The first-order valence-corrected chi connectivity index (χ1v) is 10.7. The lowest BCUT2D eigenvalue weighted by molar-refractivity contribution is 0.102. The molecule has 160 valence electrons. The van der Waals surface area contributed by atoms with Crippen molar-refractivity contribution in [2.45, 2.75) is 25.8 Å². The lowest BCUT2D eigenvalue weighted by Crippen LogP contribution is -2.13. The smallest absolute Gasteiger partial charge is 0.274 e. The summed E-state index contributed by atoms with van der Waals surface area (Å²) in [7, 11) is 0. The number of benzene rings is 1. The van der Waals surface area contributed by atoms with Crippen LogP contribution in [-0.4, -0.2) is 37.2 Å². The first-order valence-electron chi connectivity index (χ1n) is 10.7. The summed E-state index contributed by atoms with van der Waals surface area (Å²) in [5.74, 6) is 1.36. The highest BCUT2D eigenvalue weighted by atomic mass is 16.1. The Bertz CT molecular complexity index is 1250. The average Bonchev–Trinajstić information content (AvgIpc) is 3.56. The highest BCUT2D eigenvalue weighted by Crippen LogP contribution is 2.37. The van der Waals surface area contributed by atoms with E-state index in [0.29, 0.717) is 17.4 Å². The quantitative estimate of drug-likeness (QED) is 0.455. The van der Waals surface area contributed by atoms with Crippen LogP contribution in [0.15, 0.2) is 67.3 Å². The zero-order valence-corrected chi connectivity index (χ0v) is 17.7. The summed E-state index contributed by atoms with van der Waals surface area (Å²) in [5, 5.41) is 14.4. The number of nitrogens with one attached hydrogen (secondary N) is 2. The highest BCUT2D eigenvalue weighted by Gasteiger charge is 2.26. The number of pyridine rings is 2. The summed E-state index contributed by atoms with van der Waals surface area (Å²) >= 11 is 0. The van der Waals surface area contributed by atoms with Crippen molar-refractivity contribution in [1.29, 1.82) is 0 Å². The van der Waals surface area contributed by atoms with E-state index in [-0.39, 0.29) is 5.91 Å². The van der Waals surface area contributed by atoms with Crippen LogP contribution in [0.25, 0.3) is 22.5 Å². The summed E-state index contributed by atoms with van der Waals surface area (Å²) in [4.78, 5) is 21.5. The lowest BCUT2D eigenvalue weighted by Gasteiger charge is -2.09. The second-order valence-corrected chi connectivity index (χ2v) is 7.72. The number of amides is 1. The SMILES string of the molecule is CCNc1ccc(-c2ccnc(C(=O)Nc3cccc(-c4nncn4C4CC4)c3)c2)cn1. The third-order valence-electron chi connectivity index (χ3n) is 5.34. The molecule has 0 spiro atoms. The molecule has 5 rings (SSSR count). The summed E-state index contributed by atoms with van der Waals surface area (Å²) in [6, 6.07) is 15.7. The van der Waals surface area contributed by atoms with Gasteiger partial charge in [-0.25, -0.2) is 4.98 Å². The zero-order valence-electron chi connectivity index (χ0n) is 17.7. The van der Waals surface area contributed by atoms with Gasteiger partial charge in [0.1, 0.15) is 17.8 Å². The number of hydrogen-bond acceptors (Lipinski definition) is 6. The Morgan fingerprint density at radius 1 is 1.06 bits per heavy atom. The Morgan fingerprint density at radius 3 is 2.75 bits per heavy atom. The predicted molar refractivity (Wildman–Crippen MR) is 123 cm³/mol. The topological polar surface area (TPSA) is 97.6 Å². The molecule has 2 N–H and O–H groups in total. The van der Waals surface area contributed by atoms with E-state index in [1.54, 1.807) is 24.8 Å². The standard InChI is InChI=1S/C24H23N7O/c1-2-25-22-9-6-18(14-27-22)16-10-11-26-21(13-16)24(32)29-19-5-3-4-17(12-19)23-30-28-15-31(23)20-7-8-20/h3-6,9-15,20H,2,7-8H2,1H3,(H,25,27)(H,29,32). The van der Waals surface area contributed by atoms with E-state index in [2.05, 4.69) is 35.4 Å². The molecule has 3 heterocycles. The molecular weight excluding hydrogens is 402 g/mol. The minimum atomic E-state index is -0.273. The molecule has 0 unspecified atom stereocenters. The first kappa shape index (κ1) is 19.9. The number of carbonyl (C=O) groups is 1. The molecule has 0 aliphatic heterocycles. The molecule has 1 aliphatic rings. The van der Waals surface area contributed by atoms with Crippen LogP contribution in [0.3, 0.4) is 0 Å². The van der Waals surface area contributed by atoms with Crippen molar-refractivity contribution >= 4 is 17.4 Å². The highest BCUT2D eigenvalue weighted by molar-refractivity contribution is 6.03. The zero-order chi connectivity index (χ0) is 21.9. The maximum absolute atomic E-state index is 12.9. The summed E-state index contributed by atoms with van der Waals surface area (Å²) in [6.07, 6.45) is 7.49. The van der Waals surface area contributed by atoms with E-state index in [0.717, 1.165) is 47.7 Å². The van der Waals surface area contributed by atoms with Gasteiger partial charge in [-0.2, -0.15) is 0 Å². The Morgan fingerprint density at radius 2 is 1.97 bits per heavy atom. The Balaban J connectivity index is 1.34. The van der Waals surface area contributed by atoms with Gasteiger partial charge >= 0.3 is 0 Å². The molecular formula is C24H23N7O. The molecule has 1 saturated carbocycles. The van der Waals surface area contributed by atoms with Gasteiger partial charge in [-0.15, -0.1) is 10.2 Å². The molecule has 32 heavy (non-hydrogen) atoms. The average molecular weight is 425 g/mol. The van der Waals surface area contributed by atoms with Crippen LogP contribution in [0.1, 0.15) is 36.3 Å². The Labute approximate surface area is 185 Å². The summed E-state index contributed by atoms with van der Waals surface area (Å²) < 4.78 is 2.10. The van der Waals surface area contributed by atoms with Crippen molar-refractivity contribution in [3.8, 4) is 22.5 Å². The van der Waals surface area contributed by atoms with Gasteiger partial charge in [-0.05, 0) is 61.7 Å². The Kier molecular flexibility index (Phi) is 5.33. The second kappa shape index (κ2) is 8.58. The van der Waals surface area contributed by atoms with Crippen LogP contribution < -0.4 is 10.6 Å². The number of carbonyl (C=O) groups excluding carboxylic acids is 1. The molecule has 1 amide bonds. The fourth-order valence-corrected chi connectivity index (χ4v) is 3.58. The molecule has 0 saturated heterocycles. The van der Waals surface area contributed by atoms with Gasteiger partial charge in [0.25, 0.3) is 5.91 Å². The van der Waals surface area contributed by atoms with Gasteiger partial charge in [-0.3, -0.25) is 9.78 Å². The van der Waals surface area contributed by atoms with E-state index in [9.17, 15) is 4.79 Å². The van der Waals surface area contributed by atoms with Gasteiger partial charge < -0.3 is 15.2 Å². The van der Waals surface area contributed by atoms with Gasteiger partial charge in [-0.1, -0.05) is 12.1 Å². The number of anilines is 2. The molecule has 1 aromatic carbocycles. The molecule has 0 bridgehead atoms. The van der Waals surface area contributed by atoms with Crippen LogP contribution in [0.2, 0.25) is 0 Å². The number of rotatable bonds is 7. The van der Waals surface area contributed by atoms with E-state index in [1.807, 2.05) is 49.4 Å². The van der Waals surface area contributed by atoms with Gasteiger partial charge in [0.15, 0.2) is 5.82 Å². The van der Waals surface area contributed by atoms with Crippen molar-refractivity contribution in [2.24, 2.45) is 0 Å². The normalized spacial score (nSPS) is 13.0. The van der Waals surface area contributed by atoms with Crippen molar-refractivity contribution in [3.63, 3.8) is 0 Å². The van der Waals surface area contributed by atoms with Gasteiger partial charge in [0.05, 0.1) is 0 Å². The van der Waals surface area contributed by atoms with Crippen LogP contribution in [0.4, 0.5) is 11.5 Å². The summed E-state index contributed by atoms with van der Waals surface area (Å²) in [5.41, 5.74) is 3.74. The lowest BCUT2D eigenvalue weighted by atomic mass is 10.1. The van der Waals surface area contributed by atoms with Crippen LogP contribution >= 0.6 is 0 Å². The summed E-state index contributed by atoms with van der Waals surface area (Å²) in [6.45, 7) is 2.84. The van der Waals surface area contributed by atoms with Crippen LogP contribution in [0, 0.1) is 0 Å². The number of hydrogen-bond donors (Lipinski definition) is 2. The van der Waals surface area contributed by atoms with Crippen LogP contribution in [0.5, 0.6) is 0 Å². The van der Waals surface area contributed by atoms with Crippen molar-refractivity contribution < 1.29 is 4.79 Å². The number of aromatic nitrogens is 5. The minimum Gasteiger partial charge on any atom is -0.370 e. The molecule has 3 aromatic heterocycles. The molecule has 0 radical (unpaired) electrons. The molecule has 8 nitrogen and oxygen atoms in total. The Hall–Kier alpha value is -4.07. The molecule has 1 aliphatic carbocycles. The van der Waals surface area contributed by atoms with E-state index >= 15 is 0 Å². The monoisotopic (exact) mass is 425 g/mol. The largest absolute Gasteiger partial charge is 0.370 e. The van der Waals surface area contributed by atoms with Gasteiger partial charge in [0.2, 0.25) is 0 Å². The van der Waals surface area contributed by atoms with Crippen molar-refractivity contribution in [2.75, 3.05) is 17.2 Å².